The summed E-state index contributed by atoms with van der Waals surface area (Å²) in [6, 6.07) is 3.82. The molecule has 27 heavy (non-hydrogen) atoms. The van der Waals surface area contributed by atoms with Crippen molar-refractivity contribution in [1.29, 1.82) is 0 Å². The maximum absolute atomic E-state index is 11.6. The third-order valence-electron chi connectivity index (χ3n) is 5.32. The molecule has 3 heterocycles. The molecule has 9 nitrogen and oxygen atoms in total. The highest BCUT2D eigenvalue weighted by molar-refractivity contribution is 5.88. The molecule has 3 aromatic heterocycles. The Hall–Kier alpha value is -2.94. The fourth-order valence-corrected chi connectivity index (χ4v) is 3.69. The maximum atomic E-state index is 11.6. The van der Waals surface area contributed by atoms with Gasteiger partial charge in [-0.15, -0.1) is 0 Å². The standard InChI is InChI=1S/C18H22N6O3/c1-10-9-13(24-23-10)20-16-12-5-8-19-15(12)21-14(22-16)11-3-6-18(27-2,7-4-11)17(25)26/h5,8-9,11H,3-4,6-7H2,1-2H3,(H,25,26)(H3,19,20,21,22,23,24). The van der Waals surface area contributed by atoms with E-state index >= 15 is 0 Å². The van der Waals surface area contributed by atoms with Gasteiger partial charge in [0.15, 0.2) is 11.4 Å². The molecule has 1 saturated carbocycles. The van der Waals surface area contributed by atoms with Crippen LogP contribution in [0.15, 0.2) is 18.3 Å². The third-order valence-corrected chi connectivity index (χ3v) is 5.32. The van der Waals surface area contributed by atoms with E-state index in [-0.39, 0.29) is 5.92 Å². The number of fused-ring (bicyclic) bond motifs is 1. The van der Waals surface area contributed by atoms with Gasteiger partial charge in [-0.2, -0.15) is 5.10 Å². The lowest BCUT2D eigenvalue weighted by molar-refractivity contribution is -0.166. The van der Waals surface area contributed by atoms with E-state index in [9.17, 15) is 9.90 Å². The van der Waals surface area contributed by atoms with Gasteiger partial charge >= 0.3 is 5.97 Å². The number of carbonyl (C=O) groups is 1. The molecule has 0 amide bonds. The average Bonchev–Trinajstić information content (AvgIpc) is 3.30. The zero-order valence-electron chi connectivity index (χ0n) is 15.2. The first-order valence-corrected chi connectivity index (χ1v) is 8.93. The van der Waals surface area contributed by atoms with Crippen LogP contribution >= 0.6 is 0 Å². The number of nitrogens with zero attached hydrogens (tertiary/aromatic N) is 3. The number of aryl methyl sites for hydroxylation is 1. The van der Waals surface area contributed by atoms with Crippen LogP contribution in [-0.4, -0.2) is 48.9 Å². The average molecular weight is 370 g/mol. The minimum absolute atomic E-state index is 0.0850. The fourth-order valence-electron chi connectivity index (χ4n) is 3.69. The van der Waals surface area contributed by atoms with Gasteiger partial charge in [-0.05, 0) is 38.7 Å². The maximum Gasteiger partial charge on any atom is 0.335 e. The normalized spacial score (nSPS) is 22.8. The molecule has 1 aliphatic carbocycles. The van der Waals surface area contributed by atoms with E-state index in [0.717, 1.165) is 16.7 Å². The van der Waals surface area contributed by atoms with Gasteiger partial charge in [0.05, 0.1) is 5.39 Å². The molecule has 0 unspecified atom stereocenters. The highest BCUT2D eigenvalue weighted by Crippen LogP contribution is 2.39. The van der Waals surface area contributed by atoms with Crippen LogP contribution in [0.3, 0.4) is 0 Å². The number of anilines is 2. The number of hydrogen-bond donors (Lipinski definition) is 4. The van der Waals surface area contributed by atoms with Gasteiger partial charge in [0.1, 0.15) is 17.3 Å². The number of methoxy groups -OCH3 is 1. The van der Waals surface area contributed by atoms with Gasteiger partial charge in [0, 0.05) is 31.0 Å². The number of carboxylic acids is 1. The van der Waals surface area contributed by atoms with E-state index in [0.29, 0.717) is 43.1 Å². The second-order valence-corrected chi connectivity index (χ2v) is 7.01. The van der Waals surface area contributed by atoms with E-state index in [1.54, 1.807) is 0 Å². The Labute approximate surface area is 155 Å². The molecule has 3 aromatic rings. The predicted octanol–water partition coefficient (Wildman–Crippen LogP) is 2.86. The van der Waals surface area contributed by atoms with E-state index < -0.39 is 11.6 Å². The highest BCUT2D eigenvalue weighted by Gasteiger charge is 2.43. The summed E-state index contributed by atoms with van der Waals surface area (Å²) >= 11 is 0. The minimum Gasteiger partial charge on any atom is -0.479 e. The number of aliphatic carboxylic acids is 1. The Morgan fingerprint density at radius 3 is 2.78 bits per heavy atom. The Kier molecular flexibility index (Phi) is 4.31. The lowest BCUT2D eigenvalue weighted by Gasteiger charge is -2.35. The Balaban J connectivity index is 1.62. The van der Waals surface area contributed by atoms with Crippen LogP contribution in [-0.2, 0) is 9.53 Å². The van der Waals surface area contributed by atoms with Crippen molar-refractivity contribution in [2.24, 2.45) is 0 Å². The Morgan fingerprint density at radius 2 is 2.15 bits per heavy atom. The van der Waals surface area contributed by atoms with Crippen LogP contribution in [0.25, 0.3) is 11.0 Å². The van der Waals surface area contributed by atoms with Gasteiger partial charge in [-0.3, -0.25) is 5.10 Å². The molecule has 0 spiro atoms. The monoisotopic (exact) mass is 370 g/mol. The molecule has 4 N–H and O–H groups in total. The SMILES string of the molecule is COC1(C(=O)O)CCC(c2nc(Nc3cc(C)[nH]n3)c3cc[nH]c3n2)CC1. The Bertz CT molecular complexity index is 971. The van der Waals surface area contributed by atoms with Gasteiger partial charge < -0.3 is 20.1 Å². The number of ether oxygens (including phenoxy) is 1. The molecule has 142 valence electrons. The molecule has 0 bridgehead atoms. The van der Waals surface area contributed by atoms with E-state index in [1.807, 2.05) is 25.3 Å². The van der Waals surface area contributed by atoms with Crippen molar-refractivity contribution >= 4 is 28.6 Å². The predicted molar refractivity (Wildman–Crippen MR) is 99.1 cm³/mol. The molecular weight excluding hydrogens is 348 g/mol. The van der Waals surface area contributed by atoms with Gasteiger partial charge in [0.2, 0.25) is 0 Å². The molecule has 0 atom stereocenters. The Morgan fingerprint density at radius 1 is 1.37 bits per heavy atom. The molecular formula is C18H22N6O3. The fraction of sp³-hybridized carbons (Fsp3) is 0.444. The second-order valence-electron chi connectivity index (χ2n) is 7.01. The molecule has 0 aromatic carbocycles. The lowest BCUT2D eigenvalue weighted by atomic mass is 9.78. The van der Waals surface area contributed by atoms with Gasteiger partial charge in [0.25, 0.3) is 0 Å². The summed E-state index contributed by atoms with van der Waals surface area (Å²) < 4.78 is 5.32. The van der Waals surface area contributed by atoms with Crippen molar-refractivity contribution < 1.29 is 14.6 Å². The number of hydrogen-bond acceptors (Lipinski definition) is 6. The van der Waals surface area contributed by atoms with Crippen LogP contribution < -0.4 is 5.32 Å². The summed E-state index contributed by atoms with van der Waals surface area (Å²) in [4.78, 5) is 24.1. The third kappa shape index (κ3) is 3.14. The first-order valence-electron chi connectivity index (χ1n) is 8.93. The van der Waals surface area contributed by atoms with Crippen LogP contribution in [0.1, 0.15) is 43.1 Å². The van der Waals surface area contributed by atoms with Gasteiger partial charge in [-0.25, -0.2) is 14.8 Å². The topological polar surface area (TPSA) is 129 Å². The number of carboxylic acid groups (broad SMARTS) is 1. The molecule has 1 fully saturated rings. The van der Waals surface area contributed by atoms with Gasteiger partial charge in [-0.1, -0.05) is 0 Å². The number of aromatic nitrogens is 5. The van der Waals surface area contributed by atoms with Crippen LogP contribution in [0, 0.1) is 6.92 Å². The summed E-state index contributed by atoms with van der Waals surface area (Å²) in [7, 11) is 1.46. The smallest absolute Gasteiger partial charge is 0.335 e. The zero-order valence-corrected chi connectivity index (χ0v) is 15.2. The van der Waals surface area contributed by atoms with Crippen molar-refractivity contribution in [2.45, 2.75) is 44.1 Å². The molecule has 0 saturated heterocycles. The molecule has 0 aliphatic heterocycles. The lowest BCUT2D eigenvalue weighted by Crippen LogP contribution is -2.43. The molecule has 1 aliphatic rings. The van der Waals surface area contributed by atoms with Crippen molar-refractivity contribution in [2.75, 3.05) is 12.4 Å². The summed E-state index contributed by atoms with van der Waals surface area (Å²) in [5, 5.41) is 20.7. The summed E-state index contributed by atoms with van der Waals surface area (Å²) in [6.45, 7) is 1.93. The van der Waals surface area contributed by atoms with Crippen molar-refractivity contribution in [3.05, 3.63) is 29.8 Å². The first-order chi connectivity index (χ1) is 13.0. The molecule has 9 heteroatoms. The number of H-pyrrole nitrogens is 2. The number of nitrogens with one attached hydrogen (secondary N) is 3. The van der Waals surface area contributed by atoms with Crippen LogP contribution in [0.4, 0.5) is 11.6 Å². The van der Waals surface area contributed by atoms with E-state index in [4.69, 9.17) is 9.72 Å². The van der Waals surface area contributed by atoms with E-state index in [1.165, 1.54) is 7.11 Å². The summed E-state index contributed by atoms with van der Waals surface area (Å²) in [6.07, 6.45) is 4.03. The molecule has 4 rings (SSSR count). The summed E-state index contributed by atoms with van der Waals surface area (Å²) in [5.41, 5.74) is 0.603. The van der Waals surface area contributed by atoms with E-state index in [2.05, 4.69) is 25.5 Å². The second kappa shape index (κ2) is 6.66. The number of aromatic amines is 2. The molecule has 0 radical (unpaired) electrons. The summed E-state index contributed by atoms with van der Waals surface area (Å²) in [5.74, 6) is 1.26. The van der Waals surface area contributed by atoms with Crippen molar-refractivity contribution in [3.8, 4) is 0 Å². The zero-order chi connectivity index (χ0) is 19.0. The highest BCUT2D eigenvalue weighted by atomic mass is 16.5. The van der Waals surface area contributed by atoms with Crippen molar-refractivity contribution in [1.82, 2.24) is 25.1 Å². The first kappa shape index (κ1) is 17.5. The number of rotatable bonds is 5. The quantitative estimate of drug-likeness (QED) is 0.543. The van der Waals surface area contributed by atoms with Crippen molar-refractivity contribution in [3.63, 3.8) is 0 Å². The van der Waals surface area contributed by atoms with Crippen LogP contribution in [0.5, 0.6) is 0 Å². The van der Waals surface area contributed by atoms with Crippen LogP contribution in [0.2, 0.25) is 0 Å². The largest absolute Gasteiger partial charge is 0.479 e. The minimum atomic E-state index is -1.10.